The fraction of sp³-hybridized carbons (Fsp3) is 0.263. The van der Waals surface area contributed by atoms with Crippen molar-refractivity contribution in [2.75, 3.05) is 17.6 Å². The number of alkyl halides is 3. The van der Waals surface area contributed by atoms with Crippen LogP contribution in [0, 0.1) is 6.92 Å². The molecular weight excluding hydrogens is 359 g/mol. The molecule has 0 spiro atoms. The van der Waals surface area contributed by atoms with Crippen molar-refractivity contribution in [3.63, 3.8) is 0 Å². The molecule has 0 aliphatic rings. The van der Waals surface area contributed by atoms with Crippen LogP contribution in [-0.2, 0) is 11.3 Å². The number of carbonyl (C=O) groups is 2. The highest BCUT2D eigenvalue weighted by atomic mass is 19.4. The number of rotatable bonds is 5. The number of nitrogen functional groups attached to an aromatic ring is 1. The van der Waals surface area contributed by atoms with Crippen molar-refractivity contribution < 1.29 is 22.8 Å². The molecule has 0 saturated heterocycles. The number of nitrogens with one attached hydrogen (secondary N) is 1. The van der Waals surface area contributed by atoms with E-state index in [4.69, 9.17) is 5.73 Å². The molecule has 0 aromatic heterocycles. The van der Waals surface area contributed by atoms with Crippen LogP contribution in [0.4, 0.5) is 24.5 Å². The first-order valence-electron chi connectivity index (χ1n) is 8.24. The third kappa shape index (κ3) is 5.22. The van der Waals surface area contributed by atoms with Crippen LogP contribution in [0.3, 0.4) is 0 Å². The minimum Gasteiger partial charge on any atom is -0.399 e. The van der Waals surface area contributed by atoms with E-state index in [9.17, 15) is 22.8 Å². The summed E-state index contributed by atoms with van der Waals surface area (Å²) in [5.41, 5.74) is 8.18. The summed E-state index contributed by atoms with van der Waals surface area (Å²) in [5, 5.41) is 2.70. The molecule has 0 saturated carbocycles. The van der Waals surface area contributed by atoms with E-state index in [1.165, 1.54) is 13.0 Å². The van der Waals surface area contributed by atoms with Gasteiger partial charge in [-0.1, -0.05) is 18.2 Å². The van der Waals surface area contributed by atoms with Gasteiger partial charge >= 0.3 is 12.1 Å². The van der Waals surface area contributed by atoms with Gasteiger partial charge in [0.2, 0.25) is 0 Å². The number of amides is 2. The molecule has 0 radical (unpaired) electrons. The number of nitrogens with two attached hydrogens (primary N) is 1. The Hall–Kier alpha value is -3.03. The highest BCUT2D eigenvalue weighted by Crippen LogP contribution is 2.21. The highest BCUT2D eigenvalue weighted by Gasteiger charge is 2.41. The van der Waals surface area contributed by atoms with Gasteiger partial charge in [0, 0.05) is 30.0 Å². The second-order valence-electron chi connectivity index (χ2n) is 6.05. The highest BCUT2D eigenvalue weighted by molar-refractivity contribution is 6.05. The number of carbonyl (C=O) groups excluding carboxylic acids is 2. The molecule has 3 N–H and O–H groups in total. The number of benzene rings is 2. The summed E-state index contributed by atoms with van der Waals surface area (Å²) in [6.45, 7) is 2.94. The zero-order chi connectivity index (χ0) is 20.2. The Bertz CT molecular complexity index is 850. The van der Waals surface area contributed by atoms with Crippen LogP contribution in [0.15, 0.2) is 42.5 Å². The van der Waals surface area contributed by atoms with E-state index in [-0.39, 0.29) is 19.0 Å². The van der Waals surface area contributed by atoms with Gasteiger partial charge in [0.25, 0.3) is 5.91 Å². The summed E-state index contributed by atoms with van der Waals surface area (Å²) in [7, 11) is 0. The molecule has 27 heavy (non-hydrogen) atoms. The monoisotopic (exact) mass is 379 g/mol. The average Bonchev–Trinajstić information content (AvgIpc) is 2.60. The molecular formula is C19H20F3N3O2. The van der Waals surface area contributed by atoms with Crippen LogP contribution in [0.5, 0.6) is 0 Å². The predicted octanol–water partition coefficient (Wildman–Crippen LogP) is 3.74. The molecule has 0 unspecified atom stereocenters. The molecule has 8 heteroatoms. The van der Waals surface area contributed by atoms with Gasteiger partial charge < -0.3 is 16.0 Å². The van der Waals surface area contributed by atoms with Gasteiger partial charge in [-0.15, -0.1) is 0 Å². The third-order valence-electron chi connectivity index (χ3n) is 3.98. The Morgan fingerprint density at radius 3 is 2.48 bits per heavy atom. The minimum atomic E-state index is -4.92. The summed E-state index contributed by atoms with van der Waals surface area (Å²) < 4.78 is 37.9. The zero-order valence-corrected chi connectivity index (χ0v) is 14.9. The SMILES string of the molecule is CCN(Cc1cccc(NC(=O)c2cc(N)ccc2C)c1)C(=O)C(F)(F)F. The van der Waals surface area contributed by atoms with E-state index in [0.29, 0.717) is 27.4 Å². The molecule has 0 bridgehead atoms. The maximum absolute atomic E-state index is 12.6. The number of hydrogen-bond acceptors (Lipinski definition) is 3. The van der Waals surface area contributed by atoms with Crippen LogP contribution in [0.1, 0.15) is 28.4 Å². The smallest absolute Gasteiger partial charge is 0.399 e. The summed E-state index contributed by atoms with van der Waals surface area (Å²) in [5.74, 6) is -2.27. The fourth-order valence-corrected chi connectivity index (χ4v) is 2.56. The molecule has 2 aromatic rings. The first-order chi connectivity index (χ1) is 12.6. The van der Waals surface area contributed by atoms with Crippen LogP contribution in [0.25, 0.3) is 0 Å². The number of nitrogens with zero attached hydrogens (tertiary/aromatic N) is 1. The third-order valence-corrected chi connectivity index (χ3v) is 3.98. The molecule has 0 aliphatic heterocycles. The first kappa shape index (κ1) is 20.3. The van der Waals surface area contributed by atoms with Gasteiger partial charge in [0.1, 0.15) is 0 Å². The molecule has 2 amide bonds. The summed E-state index contributed by atoms with van der Waals surface area (Å²) in [4.78, 5) is 24.6. The fourth-order valence-electron chi connectivity index (χ4n) is 2.56. The quantitative estimate of drug-likeness (QED) is 0.777. The Balaban J connectivity index is 2.16. The van der Waals surface area contributed by atoms with Crippen LogP contribution in [-0.4, -0.2) is 29.4 Å². The lowest BCUT2D eigenvalue weighted by Gasteiger charge is -2.22. The lowest BCUT2D eigenvalue weighted by Crippen LogP contribution is -2.40. The molecule has 5 nitrogen and oxygen atoms in total. The number of halogens is 3. The van der Waals surface area contributed by atoms with E-state index in [0.717, 1.165) is 5.56 Å². The van der Waals surface area contributed by atoms with Crippen molar-refractivity contribution in [2.45, 2.75) is 26.6 Å². The lowest BCUT2D eigenvalue weighted by atomic mass is 10.1. The minimum absolute atomic E-state index is 0.0859. The van der Waals surface area contributed by atoms with Crippen LogP contribution < -0.4 is 11.1 Å². The maximum Gasteiger partial charge on any atom is 0.471 e. The maximum atomic E-state index is 12.6. The molecule has 2 aromatic carbocycles. The molecule has 0 fully saturated rings. The van der Waals surface area contributed by atoms with Gasteiger partial charge in [-0.05, 0) is 49.2 Å². The van der Waals surface area contributed by atoms with Crippen molar-refractivity contribution >= 4 is 23.2 Å². The van der Waals surface area contributed by atoms with E-state index in [1.54, 1.807) is 43.3 Å². The Morgan fingerprint density at radius 2 is 1.85 bits per heavy atom. The topological polar surface area (TPSA) is 75.4 Å². The summed E-state index contributed by atoms with van der Waals surface area (Å²) in [6, 6.07) is 11.3. The number of hydrogen-bond donors (Lipinski definition) is 2. The van der Waals surface area contributed by atoms with E-state index in [1.807, 2.05) is 0 Å². The van der Waals surface area contributed by atoms with E-state index in [2.05, 4.69) is 5.32 Å². The molecule has 0 heterocycles. The van der Waals surface area contributed by atoms with Crippen molar-refractivity contribution in [2.24, 2.45) is 0 Å². The number of anilines is 2. The van der Waals surface area contributed by atoms with Gasteiger partial charge in [-0.3, -0.25) is 9.59 Å². The summed E-state index contributed by atoms with van der Waals surface area (Å²) in [6.07, 6.45) is -4.92. The first-order valence-corrected chi connectivity index (χ1v) is 8.24. The van der Waals surface area contributed by atoms with Gasteiger partial charge in [0.15, 0.2) is 0 Å². The van der Waals surface area contributed by atoms with Crippen molar-refractivity contribution in [3.05, 3.63) is 59.2 Å². The van der Waals surface area contributed by atoms with Gasteiger partial charge in [-0.2, -0.15) is 13.2 Å². The van der Waals surface area contributed by atoms with Crippen molar-refractivity contribution in [3.8, 4) is 0 Å². The second kappa shape index (κ2) is 8.11. The lowest BCUT2D eigenvalue weighted by molar-refractivity contribution is -0.185. The van der Waals surface area contributed by atoms with E-state index < -0.39 is 12.1 Å². The van der Waals surface area contributed by atoms with Crippen LogP contribution >= 0.6 is 0 Å². The standard InChI is InChI=1S/C19H20F3N3O2/c1-3-25(18(27)19(20,21)22)11-13-5-4-6-15(9-13)24-17(26)16-10-14(23)8-7-12(16)2/h4-10H,3,11,23H2,1-2H3,(H,24,26). The molecule has 2 rings (SSSR count). The number of aryl methyl sites for hydroxylation is 1. The second-order valence-corrected chi connectivity index (χ2v) is 6.05. The Labute approximate surface area is 155 Å². The Kier molecular flexibility index (Phi) is 6.09. The normalized spacial score (nSPS) is 11.1. The predicted molar refractivity (Wildman–Crippen MR) is 97.1 cm³/mol. The van der Waals surface area contributed by atoms with Gasteiger partial charge in [0.05, 0.1) is 0 Å². The largest absolute Gasteiger partial charge is 0.471 e. The molecule has 144 valence electrons. The average molecular weight is 379 g/mol. The summed E-state index contributed by atoms with van der Waals surface area (Å²) >= 11 is 0. The zero-order valence-electron chi connectivity index (χ0n) is 14.9. The molecule has 0 aliphatic carbocycles. The van der Waals surface area contributed by atoms with Crippen molar-refractivity contribution in [1.82, 2.24) is 4.90 Å². The van der Waals surface area contributed by atoms with Crippen molar-refractivity contribution in [1.29, 1.82) is 0 Å². The van der Waals surface area contributed by atoms with Gasteiger partial charge in [-0.25, -0.2) is 0 Å². The van der Waals surface area contributed by atoms with E-state index >= 15 is 0 Å². The molecule has 0 atom stereocenters. The Morgan fingerprint density at radius 1 is 1.15 bits per heavy atom. The van der Waals surface area contributed by atoms with Crippen LogP contribution in [0.2, 0.25) is 0 Å².